The zero-order valence-electron chi connectivity index (χ0n) is 6.58. The summed E-state index contributed by atoms with van der Waals surface area (Å²) in [6.07, 6.45) is 2.73. The Morgan fingerprint density at radius 1 is 1.73 bits per heavy atom. The molecule has 0 aliphatic heterocycles. The molecule has 0 aromatic rings. The number of carbonyl (C=O) groups excluding carboxylic acids is 1. The Balaban J connectivity index is 0.000001000. The van der Waals surface area contributed by atoms with Gasteiger partial charge in [0.2, 0.25) is 0 Å². The molecule has 1 saturated carbocycles. The molecule has 1 aliphatic carbocycles. The summed E-state index contributed by atoms with van der Waals surface area (Å²) in [6.45, 7) is 0. The Kier molecular flexibility index (Phi) is 4.45. The van der Waals surface area contributed by atoms with Crippen LogP contribution in [-0.4, -0.2) is 19.1 Å². The van der Waals surface area contributed by atoms with Crippen molar-refractivity contribution in [3.05, 3.63) is 0 Å². The highest BCUT2D eigenvalue weighted by atomic mass is 35.5. The Hall–Kier alpha value is -0.280. The van der Waals surface area contributed by atoms with E-state index in [0.717, 1.165) is 0 Å². The van der Waals surface area contributed by atoms with Crippen LogP contribution in [0, 0.1) is 5.92 Å². The van der Waals surface area contributed by atoms with Gasteiger partial charge in [0.25, 0.3) is 0 Å². The standard InChI is InChI=1S/C7H13NO2.ClH/c1-10-7(9)4-6(8)5-2-3-5;/h5-6H,2-4,8H2,1H3;1H. The number of hydrogen-bond donors (Lipinski definition) is 1. The first-order valence-electron chi connectivity index (χ1n) is 3.56. The van der Waals surface area contributed by atoms with Crippen LogP contribution in [0.25, 0.3) is 0 Å². The van der Waals surface area contributed by atoms with E-state index in [1.54, 1.807) is 0 Å². The van der Waals surface area contributed by atoms with Gasteiger partial charge in [-0.2, -0.15) is 0 Å². The number of ether oxygens (including phenoxy) is 1. The fraction of sp³-hybridized carbons (Fsp3) is 0.857. The van der Waals surface area contributed by atoms with Crippen LogP contribution in [-0.2, 0) is 9.53 Å². The Morgan fingerprint density at radius 2 is 2.27 bits per heavy atom. The second-order valence-electron chi connectivity index (χ2n) is 2.78. The van der Waals surface area contributed by atoms with Crippen molar-refractivity contribution in [3.8, 4) is 0 Å². The van der Waals surface area contributed by atoms with Gasteiger partial charge in [-0.25, -0.2) is 0 Å². The van der Waals surface area contributed by atoms with E-state index in [0.29, 0.717) is 12.3 Å². The molecule has 0 bridgehead atoms. The summed E-state index contributed by atoms with van der Waals surface area (Å²) in [5, 5.41) is 0. The van der Waals surface area contributed by atoms with Crippen LogP contribution >= 0.6 is 12.4 Å². The van der Waals surface area contributed by atoms with Gasteiger partial charge >= 0.3 is 5.97 Å². The van der Waals surface area contributed by atoms with E-state index < -0.39 is 0 Å². The maximum atomic E-state index is 10.7. The number of methoxy groups -OCH3 is 1. The molecule has 1 fully saturated rings. The molecule has 0 amide bonds. The predicted octanol–water partition coefficient (Wildman–Crippen LogP) is 0.709. The van der Waals surface area contributed by atoms with Crippen LogP contribution in [0.15, 0.2) is 0 Å². The third-order valence-electron chi connectivity index (χ3n) is 1.86. The summed E-state index contributed by atoms with van der Waals surface area (Å²) in [4.78, 5) is 10.7. The number of esters is 1. The van der Waals surface area contributed by atoms with Gasteiger partial charge in [-0.1, -0.05) is 0 Å². The second-order valence-corrected chi connectivity index (χ2v) is 2.78. The Bertz CT molecular complexity index is 136. The monoisotopic (exact) mass is 179 g/mol. The van der Waals surface area contributed by atoms with Crippen molar-refractivity contribution in [2.75, 3.05) is 7.11 Å². The van der Waals surface area contributed by atoms with Gasteiger partial charge in [0.05, 0.1) is 13.5 Å². The Morgan fingerprint density at radius 3 is 2.64 bits per heavy atom. The van der Waals surface area contributed by atoms with Crippen molar-refractivity contribution in [1.29, 1.82) is 0 Å². The Labute approximate surface area is 72.7 Å². The average Bonchev–Trinajstić information content (AvgIpc) is 2.68. The molecular formula is C7H14ClNO2. The molecule has 0 aromatic heterocycles. The van der Waals surface area contributed by atoms with Gasteiger partial charge in [0, 0.05) is 6.04 Å². The molecule has 1 rings (SSSR count). The highest BCUT2D eigenvalue weighted by Crippen LogP contribution is 2.32. The topological polar surface area (TPSA) is 52.3 Å². The van der Waals surface area contributed by atoms with Gasteiger partial charge < -0.3 is 10.5 Å². The quantitative estimate of drug-likeness (QED) is 0.650. The lowest BCUT2D eigenvalue weighted by molar-refractivity contribution is -0.141. The lowest BCUT2D eigenvalue weighted by Gasteiger charge is -2.06. The molecule has 11 heavy (non-hydrogen) atoms. The molecular weight excluding hydrogens is 166 g/mol. The first kappa shape index (κ1) is 10.7. The third-order valence-corrected chi connectivity index (χ3v) is 1.86. The van der Waals surface area contributed by atoms with Gasteiger partial charge in [0.15, 0.2) is 0 Å². The fourth-order valence-corrected chi connectivity index (χ4v) is 0.967. The molecule has 0 aromatic carbocycles. The molecule has 1 unspecified atom stereocenters. The molecule has 0 spiro atoms. The van der Waals surface area contributed by atoms with Gasteiger partial charge in [-0.3, -0.25) is 4.79 Å². The van der Waals surface area contributed by atoms with E-state index in [-0.39, 0.29) is 24.4 Å². The minimum absolute atomic E-state index is 0. The van der Waals surface area contributed by atoms with Crippen molar-refractivity contribution >= 4 is 18.4 Å². The van der Waals surface area contributed by atoms with Crippen LogP contribution in [0.1, 0.15) is 19.3 Å². The maximum Gasteiger partial charge on any atom is 0.307 e. The number of rotatable bonds is 3. The summed E-state index contributed by atoms with van der Waals surface area (Å²) in [6, 6.07) is 0.0347. The SMILES string of the molecule is COC(=O)CC(N)C1CC1.Cl. The highest BCUT2D eigenvalue weighted by Gasteiger charge is 2.29. The van der Waals surface area contributed by atoms with E-state index in [1.165, 1.54) is 20.0 Å². The minimum atomic E-state index is -0.195. The lowest BCUT2D eigenvalue weighted by atomic mass is 10.1. The van der Waals surface area contributed by atoms with E-state index in [1.807, 2.05) is 0 Å². The van der Waals surface area contributed by atoms with Crippen LogP contribution < -0.4 is 5.73 Å². The average molecular weight is 180 g/mol. The zero-order chi connectivity index (χ0) is 7.56. The summed E-state index contributed by atoms with van der Waals surface area (Å²) in [7, 11) is 1.39. The smallest absolute Gasteiger partial charge is 0.307 e. The zero-order valence-corrected chi connectivity index (χ0v) is 7.39. The molecule has 1 aliphatic rings. The van der Waals surface area contributed by atoms with Crippen LogP contribution in [0.4, 0.5) is 0 Å². The van der Waals surface area contributed by atoms with Crippen LogP contribution in [0.2, 0.25) is 0 Å². The number of hydrogen-bond acceptors (Lipinski definition) is 3. The first-order valence-corrected chi connectivity index (χ1v) is 3.56. The van der Waals surface area contributed by atoms with E-state index in [4.69, 9.17) is 5.73 Å². The normalized spacial score (nSPS) is 18.4. The van der Waals surface area contributed by atoms with Gasteiger partial charge in [0.1, 0.15) is 0 Å². The molecule has 3 nitrogen and oxygen atoms in total. The minimum Gasteiger partial charge on any atom is -0.469 e. The summed E-state index contributed by atoms with van der Waals surface area (Å²) in [5.41, 5.74) is 5.65. The third kappa shape index (κ3) is 3.58. The van der Waals surface area contributed by atoms with Crippen LogP contribution in [0.3, 0.4) is 0 Å². The molecule has 0 radical (unpaired) electrons. The molecule has 2 N–H and O–H groups in total. The lowest BCUT2D eigenvalue weighted by Crippen LogP contribution is -2.26. The van der Waals surface area contributed by atoms with Gasteiger partial charge in [-0.05, 0) is 18.8 Å². The number of halogens is 1. The second kappa shape index (κ2) is 4.57. The molecule has 66 valence electrons. The summed E-state index contributed by atoms with van der Waals surface area (Å²) < 4.78 is 4.48. The maximum absolute atomic E-state index is 10.7. The van der Waals surface area contributed by atoms with Crippen molar-refractivity contribution in [2.45, 2.75) is 25.3 Å². The van der Waals surface area contributed by atoms with E-state index >= 15 is 0 Å². The largest absolute Gasteiger partial charge is 0.469 e. The molecule has 4 heteroatoms. The van der Waals surface area contributed by atoms with Crippen molar-refractivity contribution in [3.63, 3.8) is 0 Å². The van der Waals surface area contributed by atoms with Crippen molar-refractivity contribution in [2.24, 2.45) is 11.7 Å². The number of nitrogens with two attached hydrogens (primary N) is 1. The molecule has 0 saturated heterocycles. The predicted molar refractivity (Wildman–Crippen MR) is 44.6 cm³/mol. The van der Waals surface area contributed by atoms with Crippen molar-refractivity contribution in [1.82, 2.24) is 0 Å². The van der Waals surface area contributed by atoms with Crippen LogP contribution in [0.5, 0.6) is 0 Å². The summed E-state index contributed by atoms with van der Waals surface area (Å²) >= 11 is 0. The highest BCUT2D eigenvalue weighted by molar-refractivity contribution is 5.85. The fourth-order valence-electron chi connectivity index (χ4n) is 0.967. The van der Waals surface area contributed by atoms with E-state index in [2.05, 4.69) is 4.74 Å². The number of carbonyl (C=O) groups is 1. The summed E-state index contributed by atoms with van der Waals surface area (Å²) in [5.74, 6) is 0.387. The van der Waals surface area contributed by atoms with Gasteiger partial charge in [-0.15, -0.1) is 12.4 Å². The van der Waals surface area contributed by atoms with Crippen molar-refractivity contribution < 1.29 is 9.53 Å². The first-order chi connectivity index (χ1) is 4.74. The molecule has 0 heterocycles. The molecule has 1 atom stereocenters. The van der Waals surface area contributed by atoms with E-state index in [9.17, 15) is 4.79 Å².